The third-order valence-electron chi connectivity index (χ3n) is 2.86. The van der Waals surface area contributed by atoms with Crippen LogP contribution in [0.25, 0.3) is 0 Å². The topological polar surface area (TPSA) is 89.7 Å². The maximum Gasteiger partial charge on any atom is 0.292 e. The quantitative estimate of drug-likeness (QED) is 0.580. The average Bonchev–Trinajstić information content (AvgIpc) is 3.20. The number of primary amides is 1. The lowest BCUT2D eigenvalue weighted by Crippen LogP contribution is -2.37. The van der Waals surface area contributed by atoms with Gasteiger partial charge in [-0.1, -0.05) is 49.2 Å². The minimum absolute atomic E-state index is 0.202. The van der Waals surface area contributed by atoms with Crippen molar-refractivity contribution < 1.29 is 19.1 Å². The van der Waals surface area contributed by atoms with E-state index in [1.807, 2.05) is 13.8 Å². The molecule has 0 bridgehead atoms. The van der Waals surface area contributed by atoms with Gasteiger partial charge in [0.2, 0.25) is 11.8 Å². The number of nitrogens with zero attached hydrogens (tertiary/aromatic N) is 1. The van der Waals surface area contributed by atoms with Gasteiger partial charge in [-0.25, -0.2) is 0 Å². The first-order valence-electron chi connectivity index (χ1n) is 8.45. The second kappa shape index (κ2) is 17.4. The first-order chi connectivity index (χ1) is 12.8. The Bertz CT molecular complexity index is 581. The number of hydrogen-bond donors (Lipinski definition) is 1. The molecule has 0 heterocycles. The Morgan fingerprint density at radius 3 is 1.85 bits per heavy atom. The molecule has 0 aliphatic heterocycles. The van der Waals surface area contributed by atoms with E-state index in [1.54, 1.807) is 0 Å². The third kappa shape index (κ3) is 14.8. The van der Waals surface area contributed by atoms with E-state index in [4.69, 9.17) is 33.7 Å². The zero-order chi connectivity index (χ0) is 21.2. The van der Waals surface area contributed by atoms with Crippen LogP contribution in [0.15, 0.2) is 30.4 Å². The van der Waals surface area contributed by atoms with Crippen molar-refractivity contribution in [2.45, 2.75) is 40.0 Å². The molecule has 0 radical (unpaired) electrons. The van der Waals surface area contributed by atoms with E-state index in [9.17, 15) is 9.59 Å². The van der Waals surface area contributed by atoms with E-state index in [0.717, 1.165) is 0 Å². The third-order valence-corrected chi connectivity index (χ3v) is 3.29. The number of methoxy groups -OCH3 is 1. The van der Waals surface area contributed by atoms with E-state index in [1.165, 1.54) is 56.4 Å². The molecule has 0 atom stereocenters. The Labute approximate surface area is 171 Å². The molecule has 0 spiro atoms. The van der Waals surface area contributed by atoms with E-state index in [2.05, 4.69) is 16.9 Å². The average molecular weight is 419 g/mol. The van der Waals surface area contributed by atoms with Gasteiger partial charge in [0.1, 0.15) is 6.54 Å². The van der Waals surface area contributed by atoms with Crippen LogP contribution in [0.4, 0.5) is 5.69 Å². The molecule has 2 rings (SSSR count). The lowest BCUT2D eigenvalue weighted by atomic mass is 10.2. The van der Waals surface area contributed by atoms with Crippen molar-refractivity contribution in [2.75, 3.05) is 18.6 Å². The number of halogens is 2. The van der Waals surface area contributed by atoms with Crippen molar-refractivity contribution in [1.29, 1.82) is 0 Å². The van der Waals surface area contributed by atoms with Gasteiger partial charge in [-0.3, -0.25) is 14.4 Å². The predicted molar refractivity (Wildman–Crippen MR) is 111 cm³/mol. The SMILES string of the molecule is C1=CCCC1.CC.CC(=O)N(CC(N)=O)c1cc(Cl)cc(Cl)c1.COC=O. The molecule has 0 aromatic heterocycles. The lowest BCUT2D eigenvalue weighted by Gasteiger charge is -2.19. The molecule has 2 N–H and O–H groups in total. The summed E-state index contributed by atoms with van der Waals surface area (Å²) >= 11 is 11.6. The summed E-state index contributed by atoms with van der Waals surface area (Å²) in [6.45, 7) is 5.50. The van der Waals surface area contributed by atoms with Crippen LogP contribution in [0.2, 0.25) is 10.0 Å². The smallest absolute Gasteiger partial charge is 0.292 e. The molecule has 1 aliphatic carbocycles. The number of carbonyl (C=O) groups is 3. The molecule has 27 heavy (non-hydrogen) atoms. The predicted octanol–water partition coefficient (Wildman–Crippen LogP) is 4.37. The molecule has 0 fully saturated rings. The summed E-state index contributed by atoms with van der Waals surface area (Å²) in [6.07, 6.45) is 8.50. The van der Waals surface area contributed by atoms with Gasteiger partial charge in [-0.2, -0.15) is 0 Å². The summed E-state index contributed by atoms with van der Waals surface area (Å²) in [5, 5.41) is 0.774. The molecule has 1 aliphatic rings. The molecular weight excluding hydrogens is 391 g/mol. The highest BCUT2D eigenvalue weighted by Gasteiger charge is 2.14. The van der Waals surface area contributed by atoms with Gasteiger partial charge in [0, 0.05) is 22.7 Å². The first kappa shape index (κ1) is 27.2. The zero-order valence-electron chi connectivity index (χ0n) is 16.2. The Hall–Kier alpha value is -2.05. The van der Waals surface area contributed by atoms with Crippen LogP contribution in [-0.2, 0) is 19.1 Å². The molecule has 8 heteroatoms. The fraction of sp³-hybridized carbons (Fsp3) is 0.421. The normalized spacial score (nSPS) is 10.7. The monoisotopic (exact) mass is 418 g/mol. The fourth-order valence-corrected chi connectivity index (χ4v) is 2.34. The fourth-order valence-electron chi connectivity index (χ4n) is 1.82. The van der Waals surface area contributed by atoms with Crippen molar-refractivity contribution >= 4 is 47.2 Å². The Kier molecular flexibility index (Phi) is 17.5. The van der Waals surface area contributed by atoms with Crippen LogP contribution in [-0.4, -0.2) is 31.9 Å². The number of allylic oxidation sites excluding steroid dienone is 2. The Balaban J connectivity index is 0. The summed E-state index contributed by atoms with van der Waals surface area (Å²) < 4.78 is 3.86. The highest BCUT2D eigenvalue weighted by Crippen LogP contribution is 2.25. The largest absolute Gasteiger partial charge is 0.471 e. The molecule has 152 valence electrons. The molecule has 2 amide bonds. The summed E-state index contributed by atoms with van der Waals surface area (Å²) in [4.78, 5) is 32.3. The van der Waals surface area contributed by atoms with Crippen molar-refractivity contribution in [1.82, 2.24) is 0 Å². The molecule has 0 saturated carbocycles. The van der Waals surface area contributed by atoms with Gasteiger partial charge in [0.05, 0.1) is 7.11 Å². The number of nitrogens with two attached hydrogens (primary N) is 1. The lowest BCUT2D eigenvalue weighted by molar-refractivity contribution is -0.126. The minimum Gasteiger partial charge on any atom is -0.471 e. The highest BCUT2D eigenvalue weighted by atomic mass is 35.5. The van der Waals surface area contributed by atoms with Gasteiger partial charge in [0.15, 0.2) is 0 Å². The molecule has 0 saturated heterocycles. The van der Waals surface area contributed by atoms with Crippen LogP contribution in [0.1, 0.15) is 40.0 Å². The maximum absolute atomic E-state index is 11.3. The van der Waals surface area contributed by atoms with E-state index < -0.39 is 5.91 Å². The van der Waals surface area contributed by atoms with Gasteiger partial charge < -0.3 is 15.4 Å². The van der Waals surface area contributed by atoms with Gasteiger partial charge in [0.25, 0.3) is 6.47 Å². The maximum atomic E-state index is 11.3. The van der Waals surface area contributed by atoms with Crippen molar-refractivity contribution in [3.05, 3.63) is 40.4 Å². The first-order valence-corrected chi connectivity index (χ1v) is 9.21. The summed E-state index contributed by atoms with van der Waals surface area (Å²) in [6, 6.07) is 4.62. The van der Waals surface area contributed by atoms with Crippen LogP contribution < -0.4 is 10.6 Å². The van der Waals surface area contributed by atoms with E-state index in [0.29, 0.717) is 22.2 Å². The van der Waals surface area contributed by atoms with Crippen LogP contribution in [0.3, 0.4) is 0 Å². The number of rotatable bonds is 4. The van der Waals surface area contributed by atoms with E-state index >= 15 is 0 Å². The summed E-state index contributed by atoms with van der Waals surface area (Å²) in [5.41, 5.74) is 5.49. The van der Waals surface area contributed by atoms with Crippen molar-refractivity contribution in [3.8, 4) is 0 Å². The summed E-state index contributed by atoms with van der Waals surface area (Å²) in [7, 11) is 1.31. The standard InChI is InChI=1S/C10H10Cl2N2O2.C5H8.C2H4O2.C2H6/c1-6(15)14(5-10(13)16)9-3-7(11)2-8(12)4-9;1-2-4-5-3-1;1-4-2-3;1-2/h2-4H,5H2,1H3,(H2,13,16);1-2H,3-5H2;2H,1H3;1-2H3. The van der Waals surface area contributed by atoms with Crippen LogP contribution in [0.5, 0.6) is 0 Å². The zero-order valence-corrected chi connectivity index (χ0v) is 17.7. The molecule has 6 nitrogen and oxygen atoms in total. The second-order valence-corrected chi connectivity index (χ2v) is 5.81. The van der Waals surface area contributed by atoms with Gasteiger partial charge >= 0.3 is 0 Å². The van der Waals surface area contributed by atoms with E-state index in [-0.39, 0.29) is 12.5 Å². The van der Waals surface area contributed by atoms with Gasteiger partial charge in [-0.05, 0) is 37.5 Å². The van der Waals surface area contributed by atoms with Gasteiger partial charge in [-0.15, -0.1) is 0 Å². The Morgan fingerprint density at radius 2 is 1.59 bits per heavy atom. The number of ether oxygens (including phenoxy) is 1. The van der Waals surface area contributed by atoms with Crippen molar-refractivity contribution in [2.24, 2.45) is 5.73 Å². The minimum atomic E-state index is -0.605. The molecule has 0 unspecified atom stereocenters. The number of hydrogen-bond acceptors (Lipinski definition) is 4. The highest BCUT2D eigenvalue weighted by molar-refractivity contribution is 6.35. The number of benzene rings is 1. The molecule has 1 aromatic rings. The number of carbonyl (C=O) groups excluding carboxylic acids is 3. The number of amides is 2. The summed E-state index contributed by atoms with van der Waals surface area (Å²) in [5.74, 6) is -0.913. The molecule has 1 aromatic carbocycles. The molecular formula is C19H28Cl2N2O4. The van der Waals surface area contributed by atoms with Crippen molar-refractivity contribution in [3.63, 3.8) is 0 Å². The van der Waals surface area contributed by atoms with Crippen LogP contribution in [0, 0.1) is 0 Å². The number of anilines is 1. The van der Waals surface area contributed by atoms with Crippen LogP contribution >= 0.6 is 23.2 Å². The second-order valence-electron chi connectivity index (χ2n) is 4.93. The Morgan fingerprint density at radius 1 is 1.15 bits per heavy atom.